The molecule has 0 bridgehead atoms. The number of nitrogens with one attached hydrogen (secondary N) is 1. The van der Waals surface area contributed by atoms with Gasteiger partial charge in [-0.2, -0.15) is 0 Å². The molecule has 1 aromatic heterocycles. The van der Waals surface area contributed by atoms with Crippen molar-refractivity contribution in [3.8, 4) is 0 Å². The Labute approximate surface area is 159 Å². The van der Waals surface area contributed by atoms with Crippen LogP contribution in [0.1, 0.15) is 31.4 Å². The van der Waals surface area contributed by atoms with Gasteiger partial charge in [-0.05, 0) is 26.2 Å². The first-order chi connectivity index (χ1) is 12.6. The number of amides is 2. The molecule has 0 radical (unpaired) electrons. The van der Waals surface area contributed by atoms with Gasteiger partial charge in [0.1, 0.15) is 0 Å². The van der Waals surface area contributed by atoms with Crippen LogP contribution < -0.4 is 10.2 Å². The van der Waals surface area contributed by atoms with E-state index in [1.807, 2.05) is 11.8 Å². The van der Waals surface area contributed by atoms with Gasteiger partial charge in [0.25, 0.3) is 0 Å². The van der Waals surface area contributed by atoms with E-state index in [9.17, 15) is 9.59 Å². The van der Waals surface area contributed by atoms with Gasteiger partial charge in [0, 0.05) is 57.6 Å². The van der Waals surface area contributed by atoms with E-state index in [2.05, 4.69) is 25.5 Å². The predicted octanol–water partition coefficient (Wildman–Crippen LogP) is 1.09. The molecule has 2 amide bonds. The fraction of sp³-hybridized carbons (Fsp3) is 0.722. The molecule has 7 nitrogen and oxygen atoms in total. The number of rotatable bonds is 7. The number of thiazole rings is 1. The van der Waals surface area contributed by atoms with Crippen LogP contribution in [0, 0.1) is 6.92 Å². The minimum atomic E-state index is 0.0799. The Balaban J connectivity index is 1.33. The molecular formula is C18H29N5O2S. The van der Waals surface area contributed by atoms with Crippen molar-refractivity contribution in [2.24, 2.45) is 0 Å². The minimum Gasteiger partial charge on any atom is -0.355 e. The van der Waals surface area contributed by atoms with Gasteiger partial charge in [-0.25, -0.2) is 4.98 Å². The molecule has 3 rings (SSSR count). The topological polar surface area (TPSA) is 68.8 Å². The van der Waals surface area contributed by atoms with Gasteiger partial charge in [0.05, 0.1) is 12.2 Å². The molecule has 0 aliphatic carbocycles. The summed E-state index contributed by atoms with van der Waals surface area (Å²) < 4.78 is 0. The van der Waals surface area contributed by atoms with Crippen molar-refractivity contribution in [1.29, 1.82) is 0 Å². The zero-order valence-electron chi connectivity index (χ0n) is 15.6. The maximum absolute atomic E-state index is 12.2. The predicted molar refractivity (Wildman–Crippen MR) is 104 cm³/mol. The summed E-state index contributed by atoms with van der Waals surface area (Å²) in [4.78, 5) is 34.7. The Kier molecular flexibility index (Phi) is 6.85. The lowest BCUT2D eigenvalue weighted by molar-refractivity contribution is -0.127. The van der Waals surface area contributed by atoms with Crippen LogP contribution in [-0.4, -0.2) is 79.0 Å². The largest absolute Gasteiger partial charge is 0.355 e. The molecule has 0 aromatic carbocycles. The first-order valence-corrected chi connectivity index (χ1v) is 10.4. The molecule has 2 saturated heterocycles. The summed E-state index contributed by atoms with van der Waals surface area (Å²) in [5, 5.41) is 6.17. The minimum absolute atomic E-state index is 0.0799. The summed E-state index contributed by atoms with van der Waals surface area (Å²) in [6.45, 7) is 8.47. The van der Waals surface area contributed by atoms with Crippen molar-refractivity contribution in [2.75, 3.05) is 57.3 Å². The number of hydrogen-bond acceptors (Lipinski definition) is 6. The highest BCUT2D eigenvalue weighted by molar-refractivity contribution is 7.13. The van der Waals surface area contributed by atoms with E-state index in [1.165, 1.54) is 0 Å². The summed E-state index contributed by atoms with van der Waals surface area (Å²) in [5.41, 5.74) is 1.07. The van der Waals surface area contributed by atoms with Crippen LogP contribution in [0.25, 0.3) is 0 Å². The fourth-order valence-electron chi connectivity index (χ4n) is 3.50. The average molecular weight is 380 g/mol. The van der Waals surface area contributed by atoms with Gasteiger partial charge in [-0.1, -0.05) is 0 Å². The molecule has 0 unspecified atom stereocenters. The quantitative estimate of drug-likeness (QED) is 0.719. The van der Waals surface area contributed by atoms with Crippen molar-refractivity contribution in [1.82, 2.24) is 20.1 Å². The van der Waals surface area contributed by atoms with E-state index in [0.717, 1.165) is 69.4 Å². The third-order valence-electron chi connectivity index (χ3n) is 4.93. The SMILES string of the molecule is Cc1csc(N2CCCN(CC(=O)NCCCN3CCCC3=O)CC2)n1. The first-order valence-electron chi connectivity index (χ1n) is 9.56. The average Bonchev–Trinajstić information content (AvgIpc) is 3.15. The number of likely N-dealkylation sites (tertiary alicyclic amines) is 1. The van der Waals surface area contributed by atoms with Gasteiger partial charge in [0.15, 0.2) is 5.13 Å². The number of anilines is 1. The Morgan fingerprint density at radius 2 is 2.12 bits per heavy atom. The third kappa shape index (κ3) is 5.41. The van der Waals surface area contributed by atoms with Crippen molar-refractivity contribution in [3.05, 3.63) is 11.1 Å². The second-order valence-corrected chi connectivity index (χ2v) is 7.91. The number of nitrogens with zero attached hydrogens (tertiary/aromatic N) is 4. The summed E-state index contributed by atoms with van der Waals surface area (Å²) in [7, 11) is 0. The Morgan fingerprint density at radius 1 is 1.23 bits per heavy atom. The fourth-order valence-corrected chi connectivity index (χ4v) is 4.36. The van der Waals surface area contributed by atoms with Crippen LogP contribution in [0.3, 0.4) is 0 Å². The molecule has 0 saturated carbocycles. The molecule has 2 aliphatic rings. The van der Waals surface area contributed by atoms with Crippen LogP contribution in [-0.2, 0) is 9.59 Å². The van der Waals surface area contributed by atoms with Crippen LogP contribution in [0.2, 0.25) is 0 Å². The Morgan fingerprint density at radius 3 is 2.85 bits per heavy atom. The summed E-state index contributed by atoms with van der Waals surface area (Å²) in [6.07, 6.45) is 3.52. The number of carbonyl (C=O) groups is 2. The summed E-state index contributed by atoms with van der Waals surface area (Å²) >= 11 is 1.69. The van der Waals surface area contributed by atoms with Crippen molar-refractivity contribution in [3.63, 3.8) is 0 Å². The summed E-state index contributed by atoms with van der Waals surface area (Å²) in [5.74, 6) is 0.331. The molecule has 1 N–H and O–H groups in total. The highest BCUT2D eigenvalue weighted by atomic mass is 32.1. The first kappa shape index (κ1) is 19.1. The van der Waals surface area contributed by atoms with Crippen molar-refractivity contribution < 1.29 is 9.59 Å². The van der Waals surface area contributed by atoms with E-state index in [4.69, 9.17) is 0 Å². The van der Waals surface area contributed by atoms with Crippen molar-refractivity contribution in [2.45, 2.75) is 32.6 Å². The lowest BCUT2D eigenvalue weighted by Gasteiger charge is -2.21. The normalized spacial score (nSPS) is 19.0. The van der Waals surface area contributed by atoms with Gasteiger partial charge >= 0.3 is 0 Å². The molecule has 1 aromatic rings. The zero-order valence-corrected chi connectivity index (χ0v) is 16.4. The number of aryl methyl sites for hydroxylation is 1. The lowest BCUT2D eigenvalue weighted by Crippen LogP contribution is -2.40. The van der Waals surface area contributed by atoms with E-state index < -0.39 is 0 Å². The van der Waals surface area contributed by atoms with Gasteiger partial charge in [0.2, 0.25) is 11.8 Å². The second kappa shape index (κ2) is 9.32. The molecular weight excluding hydrogens is 350 g/mol. The lowest BCUT2D eigenvalue weighted by atomic mass is 10.3. The molecule has 0 atom stereocenters. The van der Waals surface area contributed by atoms with E-state index in [1.54, 1.807) is 11.3 Å². The van der Waals surface area contributed by atoms with Crippen LogP contribution in [0.15, 0.2) is 5.38 Å². The number of aromatic nitrogens is 1. The third-order valence-corrected chi connectivity index (χ3v) is 5.95. The number of carbonyl (C=O) groups excluding carboxylic acids is 2. The van der Waals surface area contributed by atoms with Gasteiger partial charge in [-0.15, -0.1) is 11.3 Å². The molecule has 8 heteroatoms. The number of hydrogen-bond donors (Lipinski definition) is 1. The molecule has 3 heterocycles. The maximum Gasteiger partial charge on any atom is 0.234 e. The molecule has 0 spiro atoms. The molecule has 26 heavy (non-hydrogen) atoms. The van der Waals surface area contributed by atoms with Crippen molar-refractivity contribution >= 4 is 28.3 Å². The monoisotopic (exact) mass is 379 g/mol. The highest BCUT2D eigenvalue weighted by Gasteiger charge is 2.20. The van der Waals surface area contributed by atoms with E-state index in [-0.39, 0.29) is 11.8 Å². The van der Waals surface area contributed by atoms with Crippen LogP contribution >= 0.6 is 11.3 Å². The Bertz CT molecular complexity index is 620. The standard InChI is InChI=1S/C18H29N5O2S/c1-15-14-26-18(20-15)23-10-4-7-21(11-12-23)13-16(24)19-6-3-9-22-8-2-5-17(22)25/h14H,2-13H2,1H3,(H,19,24). The Hall–Kier alpha value is -1.67. The van der Waals surface area contributed by atoms with Crippen LogP contribution in [0.5, 0.6) is 0 Å². The van der Waals surface area contributed by atoms with Gasteiger partial charge < -0.3 is 15.1 Å². The highest BCUT2D eigenvalue weighted by Crippen LogP contribution is 2.21. The molecule has 144 valence electrons. The molecule has 2 aliphatic heterocycles. The van der Waals surface area contributed by atoms with Gasteiger partial charge in [-0.3, -0.25) is 14.5 Å². The smallest absolute Gasteiger partial charge is 0.234 e. The zero-order chi connectivity index (χ0) is 18.4. The second-order valence-electron chi connectivity index (χ2n) is 7.08. The van der Waals surface area contributed by atoms with E-state index in [0.29, 0.717) is 19.5 Å². The van der Waals surface area contributed by atoms with Crippen LogP contribution in [0.4, 0.5) is 5.13 Å². The maximum atomic E-state index is 12.2. The summed E-state index contributed by atoms with van der Waals surface area (Å²) in [6, 6.07) is 0. The van der Waals surface area contributed by atoms with E-state index >= 15 is 0 Å². The molecule has 2 fully saturated rings.